The summed E-state index contributed by atoms with van der Waals surface area (Å²) in [5, 5.41) is 9.10. The van der Waals surface area contributed by atoms with Crippen molar-refractivity contribution in [1.29, 1.82) is 0 Å². The van der Waals surface area contributed by atoms with Gasteiger partial charge in [0.25, 0.3) is 0 Å². The van der Waals surface area contributed by atoms with E-state index in [1.807, 2.05) is 0 Å². The smallest absolute Gasteiger partial charge is 0.0700 e. The Hall–Kier alpha value is -0.160. The fraction of sp³-hybridized carbons (Fsp3) is 1.00. The summed E-state index contributed by atoms with van der Waals surface area (Å²) in [5.41, 5.74) is 5.24. The molecule has 0 aliphatic rings. The van der Waals surface area contributed by atoms with E-state index in [1.165, 1.54) is 0 Å². The maximum absolute atomic E-state index is 9.10. The van der Waals surface area contributed by atoms with Crippen molar-refractivity contribution in [2.75, 3.05) is 33.0 Å². The summed E-state index contributed by atoms with van der Waals surface area (Å²) >= 11 is 0. The standard InChI is InChI=1S/C10H23NO3/c1-9(2)8-14-6-5-13-4-3-10(12)7-11/h9-10,12H,3-8,11H2,1-2H3. The molecule has 4 heteroatoms. The molecule has 0 rings (SSSR count). The fourth-order valence-electron chi connectivity index (χ4n) is 0.876. The van der Waals surface area contributed by atoms with Crippen LogP contribution in [-0.4, -0.2) is 44.2 Å². The van der Waals surface area contributed by atoms with E-state index in [1.54, 1.807) is 0 Å². The Bertz CT molecular complexity index is 120. The van der Waals surface area contributed by atoms with E-state index in [4.69, 9.17) is 20.3 Å². The minimum atomic E-state index is -0.438. The lowest BCUT2D eigenvalue weighted by Gasteiger charge is -2.09. The van der Waals surface area contributed by atoms with Gasteiger partial charge in [0, 0.05) is 19.8 Å². The van der Waals surface area contributed by atoms with Crippen LogP contribution in [0.15, 0.2) is 0 Å². The van der Waals surface area contributed by atoms with Crippen LogP contribution in [0, 0.1) is 5.92 Å². The van der Waals surface area contributed by atoms with Crippen LogP contribution in [0.5, 0.6) is 0 Å². The quantitative estimate of drug-likeness (QED) is 0.534. The second kappa shape index (κ2) is 9.40. The predicted octanol–water partition coefficient (Wildman–Crippen LogP) is 0.385. The third-order valence-electron chi connectivity index (χ3n) is 1.69. The second-order valence-corrected chi connectivity index (χ2v) is 3.76. The van der Waals surface area contributed by atoms with Crippen LogP contribution in [-0.2, 0) is 9.47 Å². The first kappa shape index (κ1) is 13.8. The summed E-state index contributed by atoms with van der Waals surface area (Å²) in [6.07, 6.45) is 0.160. The molecule has 4 nitrogen and oxygen atoms in total. The van der Waals surface area contributed by atoms with Crippen LogP contribution in [0.2, 0.25) is 0 Å². The summed E-state index contributed by atoms with van der Waals surface area (Å²) in [4.78, 5) is 0. The highest BCUT2D eigenvalue weighted by Gasteiger charge is 2.00. The average molecular weight is 205 g/mol. The molecule has 0 aliphatic carbocycles. The van der Waals surface area contributed by atoms with Crippen LogP contribution < -0.4 is 5.73 Å². The highest BCUT2D eigenvalue weighted by atomic mass is 16.5. The van der Waals surface area contributed by atoms with Crippen molar-refractivity contribution in [3.8, 4) is 0 Å². The molecule has 0 aliphatic heterocycles. The third kappa shape index (κ3) is 9.92. The van der Waals surface area contributed by atoms with E-state index in [0.717, 1.165) is 6.61 Å². The van der Waals surface area contributed by atoms with E-state index in [0.29, 0.717) is 38.7 Å². The number of hydrogen-bond acceptors (Lipinski definition) is 4. The number of hydrogen-bond donors (Lipinski definition) is 2. The highest BCUT2D eigenvalue weighted by Crippen LogP contribution is 1.93. The molecular formula is C10H23NO3. The lowest BCUT2D eigenvalue weighted by molar-refractivity contribution is 0.0261. The van der Waals surface area contributed by atoms with Crippen LogP contribution in [0.1, 0.15) is 20.3 Å². The number of rotatable bonds is 9. The predicted molar refractivity (Wildman–Crippen MR) is 56.2 cm³/mol. The van der Waals surface area contributed by atoms with Gasteiger partial charge in [0.15, 0.2) is 0 Å². The molecule has 0 spiro atoms. The lowest BCUT2D eigenvalue weighted by Crippen LogP contribution is -2.21. The Labute approximate surface area is 86.4 Å². The molecule has 0 bridgehead atoms. The molecule has 1 atom stereocenters. The van der Waals surface area contributed by atoms with Crippen molar-refractivity contribution in [2.24, 2.45) is 11.7 Å². The number of nitrogens with two attached hydrogens (primary N) is 1. The summed E-state index contributed by atoms with van der Waals surface area (Å²) in [6.45, 7) is 7.04. The number of aliphatic hydroxyl groups is 1. The molecule has 0 aromatic carbocycles. The third-order valence-corrected chi connectivity index (χ3v) is 1.69. The van der Waals surface area contributed by atoms with Gasteiger partial charge < -0.3 is 20.3 Å². The van der Waals surface area contributed by atoms with Crippen LogP contribution in [0.25, 0.3) is 0 Å². The monoisotopic (exact) mass is 205 g/mol. The first-order chi connectivity index (χ1) is 6.66. The summed E-state index contributed by atoms with van der Waals surface area (Å²) in [7, 11) is 0. The normalized spacial score (nSPS) is 13.5. The van der Waals surface area contributed by atoms with Gasteiger partial charge in [-0.1, -0.05) is 13.8 Å². The molecule has 86 valence electrons. The molecule has 3 N–H and O–H groups in total. The maximum atomic E-state index is 9.10. The van der Waals surface area contributed by atoms with E-state index >= 15 is 0 Å². The molecule has 0 amide bonds. The van der Waals surface area contributed by atoms with E-state index in [-0.39, 0.29) is 0 Å². The first-order valence-corrected chi connectivity index (χ1v) is 5.20. The van der Waals surface area contributed by atoms with Crippen LogP contribution in [0.4, 0.5) is 0 Å². The SMILES string of the molecule is CC(C)COCCOCCC(O)CN. The Morgan fingerprint density at radius 2 is 1.79 bits per heavy atom. The van der Waals surface area contributed by atoms with Crippen LogP contribution >= 0.6 is 0 Å². The minimum absolute atomic E-state index is 0.299. The zero-order chi connectivity index (χ0) is 10.8. The summed E-state index contributed by atoms with van der Waals surface area (Å²) in [5.74, 6) is 0.564. The molecule has 0 aromatic heterocycles. The molecule has 1 unspecified atom stereocenters. The van der Waals surface area contributed by atoms with Gasteiger partial charge in [0.2, 0.25) is 0 Å². The zero-order valence-electron chi connectivity index (χ0n) is 9.24. The van der Waals surface area contributed by atoms with E-state index < -0.39 is 6.10 Å². The van der Waals surface area contributed by atoms with Gasteiger partial charge in [-0.25, -0.2) is 0 Å². The van der Waals surface area contributed by atoms with Crippen LogP contribution in [0.3, 0.4) is 0 Å². The summed E-state index contributed by atoms with van der Waals surface area (Å²) in [6, 6.07) is 0. The maximum Gasteiger partial charge on any atom is 0.0700 e. The first-order valence-electron chi connectivity index (χ1n) is 5.20. The lowest BCUT2D eigenvalue weighted by atomic mass is 10.2. The molecule has 0 aromatic rings. The van der Waals surface area contributed by atoms with E-state index in [9.17, 15) is 0 Å². The molecule has 0 saturated carbocycles. The molecule has 0 saturated heterocycles. The molecule has 0 radical (unpaired) electrons. The van der Waals surface area contributed by atoms with Gasteiger partial charge in [-0.15, -0.1) is 0 Å². The van der Waals surface area contributed by atoms with Crippen molar-refractivity contribution >= 4 is 0 Å². The van der Waals surface area contributed by atoms with E-state index in [2.05, 4.69) is 13.8 Å². The molecular weight excluding hydrogens is 182 g/mol. The highest BCUT2D eigenvalue weighted by molar-refractivity contribution is 4.53. The Kier molecular flexibility index (Phi) is 9.29. The van der Waals surface area contributed by atoms with Crippen molar-refractivity contribution in [3.05, 3.63) is 0 Å². The Morgan fingerprint density at radius 3 is 2.36 bits per heavy atom. The van der Waals surface area contributed by atoms with Gasteiger partial charge in [-0.05, 0) is 12.3 Å². The summed E-state index contributed by atoms with van der Waals surface area (Å²) < 4.78 is 10.6. The molecule has 14 heavy (non-hydrogen) atoms. The minimum Gasteiger partial charge on any atom is -0.392 e. The van der Waals surface area contributed by atoms with Crippen molar-refractivity contribution in [2.45, 2.75) is 26.4 Å². The Balaban J connectivity index is 2.99. The van der Waals surface area contributed by atoms with Gasteiger partial charge in [0.1, 0.15) is 0 Å². The number of ether oxygens (including phenoxy) is 2. The van der Waals surface area contributed by atoms with Crippen molar-refractivity contribution < 1.29 is 14.6 Å². The van der Waals surface area contributed by atoms with Gasteiger partial charge in [0.05, 0.1) is 19.3 Å². The molecule has 0 fully saturated rings. The topological polar surface area (TPSA) is 64.7 Å². The van der Waals surface area contributed by atoms with Crippen molar-refractivity contribution in [1.82, 2.24) is 0 Å². The largest absolute Gasteiger partial charge is 0.392 e. The zero-order valence-corrected chi connectivity index (χ0v) is 9.24. The number of aliphatic hydroxyl groups excluding tert-OH is 1. The molecule has 0 heterocycles. The fourth-order valence-corrected chi connectivity index (χ4v) is 0.876. The van der Waals surface area contributed by atoms with Gasteiger partial charge in [-0.3, -0.25) is 0 Å². The average Bonchev–Trinajstić information content (AvgIpc) is 2.15. The van der Waals surface area contributed by atoms with Gasteiger partial charge in [-0.2, -0.15) is 0 Å². The Morgan fingerprint density at radius 1 is 1.14 bits per heavy atom. The van der Waals surface area contributed by atoms with Crippen molar-refractivity contribution in [3.63, 3.8) is 0 Å². The van der Waals surface area contributed by atoms with Gasteiger partial charge >= 0.3 is 0 Å². The second-order valence-electron chi connectivity index (χ2n) is 3.76.